The highest BCUT2D eigenvalue weighted by Gasteiger charge is 2.07. The third-order valence-electron chi connectivity index (χ3n) is 2.94. The molecule has 3 nitrogen and oxygen atoms in total. The van der Waals surface area contributed by atoms with Crippen LogP contribution in [0.4, 0.5) is 5.69 Å². The molecule has 19 heavy (non-hydrogen) atoms. The molecule has 3 heteroatoms. The number of nitrogens with one attached hydrogen (secondary N) is 1. The molecule has 2 aromatic carbocycles. The number of carbonyl (C=O) groups excluding carboxylic acids is 1. The molecule has 0 bridgehead atoms. The summed E-state index contributed by atoms with van der Waals surface area (Å²) in [5.74, 6) is 0.326. The standard InChI is InChI=1S/C16H17NO2/c1-11(2)12-6-8-14(9-7-12)17-16(19)13-4-3-5-15(18)10-13/h3-11,18H,1-2H3,(H,17,19). The van der Waals surface area contributed by atoms with Crippen molar-refractivity contribution in [3.8, 4) is 5.75 Å². The van der Waals surface area contributed by atoms with Crippen molar-refractivity contribution in [1.29, 1.82) is 0 Å². The first-order chi connectivity index (χ1) is 9.06. The zero-order valence-corrected chi connectivity index (χ0v) is 11.1. The molecule has 0 spiro atoms. The van der Waals surface area contributed by atoms with Crippen LogP contribution in [0.25, 0.3) is 0 Å². The van der Waals surface area contributed by atoms with E-state index in [1.165, 1.54) is 17.7 Å². The Bertz CT molecular complexity index is 574. The lowest BCUT2D eigenvalue weighted by Gasteiger charge is -2.08. The Hall–Kier alpha value is -2.29. The maximum atomic E-state index is 12.0. The topological polar surface area (TPSA) is 49.3 Å². The van der Waals surface area contributed by atoms with E-state index in [0.717, 1.165) is 5.69 Å². The molecule has 0 fully saturated rings. The Labute approximate surface area is 112 Å². The molecule has 0 aliphatic carbocycles. The smallest absolute Gasteiger partial charge is 0.255 e. The summed E-state index contributed by atoms with van der Waals surface area (Å²) in [4.78, 5) is 12.0. The molecule has 0 aliphatic heterocycles. The number of carbonyl (C=O) groups is 1. The van der Waals surface area contributed by atoms with Crippen LogP contribution < -0.4 is 5.32 Å². The second-order valence-corrected chi connectivity index (χ2v) is 4.78. The maximum Gasteiger partial charge on any atom is 0.255 e. The van der Waals surface area contributed by atoms with Crippen molar-refractivity contribution in [2.75, 3.05) is 5.32 Å². The predicted octanol–water partition coefficient (Wildman–Crippen LogP) is 3.77. The van der Waals surface area contributed by atoms with Crippen molar-refractivity contribution in [2.24, 2.45) is 0 Å². The van der Waals surface area contributed by atoms with E-state index in [9.17, 15) is 9.90 Å². The quantitative estimate of drug-likeness (QED) is 0.877. The number of aromatic hydroxyl groups is 1. The molecule has 2 rings (SSSR count). The van der Waals surface area contributed by atoms with Gasteiger partial charge < -0.3 is 10.4 Å². The maximum absolute atomic E-state index is 12.0. The van der Waals surface area contributed by atoms with Gasteiger partial charge in [-0.1, -0.05) is 32.0 Å². The highest BCUT2D eigenvalue weighted by Crippen LogP contribution is 2.18. The van der Waals surface area contributed by atoms with E-state index in [1.807, 2.05) is 24.3 Å². The van der Waals surface area contributed by atoms with E-state index in [1.54, 1.807) is 12.1 Å². The lowest BCUT2D eigenvalue weighted by Crippen LogP contribution is -2.11. The fourth-order valence-corrected chi connectivity index (χ4v) is 1.80. The zero-order chi connectivity index (χ0) is 13.8. The first-order valence-corrected chi connectivity index (χ1v) is 6.26. The summed E-state index contributed by atoms with van der Waals surface area (Å²) in [5, 5.41) is 12.1. The molecule has 0 saturated carbocycles. The van der Waals surface area contributed by atoms with Crippen LogP contribution in [0.1, 0.15) is 35.7 Å². The van der Waals surface area contributed by atoms with Gasteiger partial charge in [0.05, 0.1) is 0 Å². The number of amides is 1. The van der Waals surface area contributed by atoms with Crippen molar-refractivity contribution >= 4 is 11.6 Å². The summed E-state index contributed by atoms with van der Waals surface area (Å²) in [7, 11) is 0. The zero-order valence-electron chi connectivity index (χ0n) is 11.1. The Morgan fingerprint density at radius 3 is 2.37 bits per heavy atom. The van der Waals surface area contributed by atoms with Crippen molar-refractivity contribution in [2.45, 2.75) is 19.8 Å². The number of hydrogen-bond donors (Lipinski definition) is 2. The number of hydrogen-bond acceptors (Lipinski definition) is 2. The minimum atomic E-state index is -0.229. The molecule has 98 valence electrons. The third kappa shape index (κ3) is 3.35. The minimum absolute atomic E-state index is 0.0859. The first kappa shape index (κ1) is 13.1. The molecule has 0 radical (unpaired) electrons. The van der Waals surface area contributed by atoms with Crippen molar-refractivity contribution < 1.29 is 9.90 Å². The Kier molecular flexibility index (Phi) is 3.85. The molecular formula is C16H17NO2. The van der Waals surface area contributed by atoms with E-state index >= 15 is 0 Å². The molecule has 2 N–H and O–H groups in total. The summed E-state index contributed by atoms with van der Waals surface area (Å²) in [6, 6.07) is 14.1. The molecule has 0 atom stereocenters. The summed E-state index contributed by atoms with van der Waals surface area (Å²) in [6.07, 6.45) is 0. The van der Waals surface area contributed by atoms with Crippen LogP contribution in [-0.4, -0.2) is 11.0 Å². The average molecular weight is 255 g/mol. The van der Waals surface area contributed by atoms with Gasteiger partial charge >= 0.3 is 0 Å². The van der Waals surface area contributed by atoms with E-state index in [2.05, 4.69) is 19.2 Å². The van der Waals surface area contributed by atoms with Gasteiger partial charge in [0.2, 0.25) is 0 Å². The molecule has 0 aliphatic rings. The van der Waals surface area contributed by atoms with Gasteiger partial charge in [-0.15, -0.1) is 0 Å². The van der Waals surface area contributed by atoms with Gasteiger partial charge in [0.15, 0.2) is 0 Å². The molecular weight excluding hydrogens is 238 g/mol. The van der Waals surface area contributed by atoms with Crippen molar-refractivity contribution in [1.82, 2.24) is 0 Å². The molecule has 2 aromatic rings. The summed E-state index contributed by atoms with van der Waals surface area (Å²) < 4.78 is 0. The lowest BCUT2D eigenvalue weighted by molar-refractivity contribution is 0.102. The van der Waals surface area contributed by atoms with Gasteiger partial charge in [0.25, 0.3) is 5.91 Å². The van der Waals surface area contributed by atoms with Crippen LogP contribution in [0.2, 0.25) is 0 Å². The molecule has 0 aromatic heterocycles. The second-order valence-electron chi connectivity index (χ2n) is 4.78. The number of anilines is 1. The van der Waals surface area contributed by atoms with Crippen LogP contribution in [0, 0.1) is 0 Å². The van der Waals surface area contributed by atoms with Gasteiger partial charge in [-0.2, -0.15) is 0 Å². The highest BCUT2D eigenvalue weighted by molar-refractivity contribution is 6.04. The van der Waals surface area contributed by atoms with E-state index < -0.39 is 0 Å². The van der Waals surface area contributed by atoms with Gasteiger partial charge in [0, 0.05) is 11.3 Å². The number of rotatable bonds is 3. The summed E-state index contributed by atoms with van der Waals surface area (Å²) in [6.45, 7) is 4.25. The second kappa shape index (κ2) is 5.57. The Morgan fingerprint density at radius 2 is 1.79 bits per heavy atom. The SMILES string of the molecule is CC(C)c1ccc(NC(=O)c2cccc(O)c2)cc1. The molecule has 0 saturated heterocycles. The molecule has 0 heterocycles. The van der Waals surface area contributed by atoms with Crippen LogP contribution in [0.3, 0.4) is 0 Å². The van der Waals surface area contributed by atoms with Gasteiger partial charge in [0.1, 0.15) is 5.75 Å². The Balaban J connectivity index is 2.10. The lowest BCUT2D eigenvalue weighted by atomic mass is 10.0. The van der Waals surface area contributed by atoms with E-state index in [0.29, 0.717) is 11.5 Å². The molecule has 1 amide bonds. The van der Waals surface area contributed by atoms with E-state index in [-0.39, 0.29) is 11.7 Å². The predicted molar refractivity (Wildman–Crippen MR) is 76.6 cm³/mol. The summed E-state index contributed by atoms with van der Waals surface area (Å²) >= 11 is 0. The van der Waals surface area contributed by atoms with Gasteiger partial charge in [-0.3, -0.25) is 4.79 Å². The monoisotopic (exact) mass is 255 g/mol. The van der Waals surface area contributed by atoms with Crippen LogP contribution in [-0.2, 0) is 0 Å². The fraction of sp³-hybridized carbons (Fsp3) is 0.188. The van der Waals surface area contributed by atoms with Gasteiger partial charge in [-0.25, -0.2) is 0 Å². The highest BCUT2D eigenvalue weighted by atomic mass is 16.3. The third-order valence-corrected chi connectivity index (χ3v) is 2.94. The van der Waals surface area contributed by atoms with Crippen LogP contribution >= 0.6 is 0 Å². The fourth-order valence-electron chi connectivity index (χ4n) is 1.80. The first-order valence-electron chi connectivity index (χ1n) is 6.26. The van der Waals surface area contributed by atoms with Crippen LogP contribution in [0.15, 0.2) is 48.5 Å². The normalized spacial score (nSPS) is 10.5. The summed E-state index contributed by atoms with van der Waals surface area (Å²) in [5.41, 5.74) is 2.42. The largest absolute Gasteiger partial charge is 0.508 e. The number of phenolic OH excluding ortho intramolecular Hbond substituents is 1. The molecule has 0 unspecified atom stereocenters. The van der Waals surface area contributed by atoms with Crippen molar-refractivity contribution in [3.63, 3.8) is 0 Å². The van der Waals surface area contributed by atoms with Crippen molar-refractivity contribution in [3.05, 3.63) is 59.7 Å². The Morgan fingerprint density at radius 1 is 1.11 bits per heavy atom. The average Bonchev–Trinajstić information content (AvgIpc) is 2.39. The van der Waals surface area contributed by atoms with Crippen LogP contribution in [0.5, 0.6) is 5.75 Å². The number of benzene rings is 2. The minimum Gasteiger partial charge on any atom is -0.508 e. The van der Waals surface area contributed by atoms with Gasteiger partial charge in [-0.05, 0) is 41.8 Å². The van der Waals surface area contributed by atoms with E-state index in [4.69, 9.17) is 0 Å². The number of phenols is 1.